The van der Waals surface area contributed by atoms with Crippen molar-refractivity contribution in [3.63, 3.8) is 0 Å². The number of ether oxygens (including phenoxy) is 1. The summed E-state index contributed by atoms with van der Waals surface area (Å²) in [6.45, 7) is 1.43. The van der Waals surface area contributed by atoms with Crippen molar-refractivity contribution in [1.29, 1.82) is 0 Å². The van der Waals surface area contributed by atoms with E-state index in [-0.39, 0.29) is 29.6 Å². The number of carbonyl (C=O) groups excluding carboxylic acids is 1. The van der Waals surface area contributed by atoms with Gasteiger partial charge in [-0.15, -0.1) is 12.4 Å². The summed E-state index contributed by atoms with van der Waals surface area (Å²) in [5, 5.41) is 5.81. The lowest BCUT2D eigenvalue weighted by molar-refractivity contribution is -0.116. The van der Waals surface area contributed by atoms with Crippen LogP contribution < -0.4 is 21.1 Å². The number of methoxy groups -OCH3 is 1. The van der Waals surface area contributed by atoms with Gasteiger partial charge in [0.25, 0.3) is 0 Å². The van der Waals surface area contributed by atoms with E-state index in [4.69, 9.17) is 10.5 Å². The second-order valence-electron chi connectivity index (χ2n) is 4.77. The fraction of sp³-hybridized carbons (Fsp3) is 0.500. The Bertz CT molecular complexity index is 625. The smallest absolute Gasteiger partial charge is 0.240 e. The van der Waals surface area contributed by atoms with E-state index >= 15 is 0 Å². The number of sulfonamides is 1. The van der Waals surface area contributed by atoms with Crippen LogP contribution in [0.5, 0.6) is 0 Å². The molecule has 0 aliphatic carbocycles. The summed E-state index contributed by atoms with van der Waals surface area (Å²) >= 11 is 0. The molecule has 5 N–H and O–H groups in total. The maximum Gasteiger partial charge on any atom is 0.240 e. The van der Waals surface area contributed by atoms with Gasteiger partial charge in [-0.3, -0.25) is 4.79 Å². The van der Waals surface area contributed by atoms with Gasteiger partial charge in [0.15, 0.2) is 0 Å². The van der Waals surface area contributed by atoms with Crippen molar-refractivity contribution in [3.8, 4) is 0 Å². The Hall–Kier alpha value is -1.39. The summed E-state index contributed by atoms with van der Waals surface area (Å²) in [6.07, 6.45) is 0.837. The van der Waals surface area contributed by atoms with Crippen LogP contribution in [-0.4, -0.2) is 48.2 Å². The van der Waals surface area contributed by atoms with E-state index in [1.54, 1.807) is 13.2 Å². The van der Waals surface area contributed by atoms with Gasteiger partial charge in [-0.1, -0.05) is 0 Å². The molecule has 0 spiro atoms. The van der Waals surface area contributed by atoms with Crippen LogP contribution >= 0.6 is 12.4 Å². The molecular formula is C14H25ClN4O4S. The molecule has 8 nitrogen and oxygen atoms in total. The van der Waals surface area contributed by atoms with Crippen LogP contribution in [0.2, 0.25) is 0 Å². The van der Waals surface area contributed by atoms with Crippen LogP contribution in [0.25, 0.3) is 0 Å². The van der Waals surface area contributed by atoms with Crippen LogP contribution in [-0.2, 0) is 19.6 Å². The molecule has 138 valence electrons. The highest BCUT2D eigenvalue weighted by Crippen LogP contribution is 2.25. The lowest BCUT2D eigenvalue weighted by Gasteiger charge is -2.14. The van der Waals surface area contributed by atoms with Gasteiger partial charge in [-0.25, -0.2) is 13.1 Å². The highest BCUT2D eigenvalue weighted by atomic mass is 35.5. The number of halogens is 1. The Labute approximate surface area is 149 Å². The van der Waals surface area contributed by atoms with Gasteiger partial charge in [-0.05, 0) is 38.2 Å². The summed E-state index contributed by atoms with van der Waals surface area (Å²) in [5.74, 6) is -0.218. The molecule has 1 amide bonds. The molecule has 0 radical (unpaired) electrons. The third-order valence-corrected chi connectivity index (χ3v) is 4.49. The average molecular weight is 381 g/mol. The van der Waals surface area contributed by atoms with Gasteiger partial charge >= 0.3 is 0 Å². The summed E-state index contributed by atoms with van der Waals surface area (Å²) < 4.78 is 31.0. The van der Waals surface area contributed by atoms with E-state index in [9.17, 15) is 13.2 Å². The van der Waals surface area contributed by atoms with Gasteiger partial charge in [0.2, 0.25) is 15.9 Å². The van der Waals surface area contributed by atoms with Crippen LogP contribution in [0, 0.1) is 0 Å². The molecule has 0 saturated carbocycles. The Morgan fingerprint density at radius 3 is 2.58 bits per heavy atom. The Morgan fingerprint density at radius 1 is 1.29 bits per heavy atom. The number of hydrogen-bond acceptors (Lipinski definition) is 6. The fourth-order valence-corrected chi connectivity index (χ4v) is 2.58. The zero-order valence-corrected chi connectivity index (χ0v) is 15.4. The van der Waals surface area contributed by atoms with Crippen molar-refractivity contribution in [2.45, 2.75) is 17.7 Å². The van der Waals surface area contributed by atoms with E-state index in [0.717, 1.165) is 0 Å². The normalized spacial score (nSPS) is 10.8. The maximum absolute atomic E-state index is 11.9. The van der Waals surface area contributed by atoms with Crippen molar-refractivity contribution in [2.75, 3.05) is 44.5 Å². The number of rotatable bonds is 10. The third-order valence-electron chi connectivity index (χ3n) is 3.07. The van der Waals surface area contributed by atoms with Crippen molar-refractivity contribution < 1.29 is 17.9 Å². The number of amides is 1. The van der Waals surface area contributed by atoms with Gasteiger partial charge < -0.3 is 21.1 Å². The molecule has 0 fully saturated rings. The monoisotopic (exact) mass is 380 g/mol. The first-order valence-electron chi connectivity index (χ1n) is 7.25. The lowest BCUT2D eigenvalue weighted by atomic mass is 10.2. The molecule has 24 heavy (non-hydrogen) atoms. The zero-order chi connectivity index (χ0) is 17.3. The van der Waals surface area contributed by atoms with E-state index in [1.165, 1.54) is 19.2 Å². The molecule has 1 aromatic carbocycles. The Balaban J connectivity index is 0.00000529. The summed E-state index contributed by atoms with van der Waals surface area (Å²) in [7, 11) is -0.673. The third kappa shape index (κ3) is 7.02. The Morgan fingerprint density at radius 2 is 2.00 bits per heavy atom. The van der Waals surface area contributed by atoms with Crippen LogP contribution in [0.3, 0.4) is 0 Å². The fourth-order valence-electron chi connectivity index (χ4n) is 1.83. The second kappa shape index (κ2) is 11.2. The lowest BCUT2D eigenvalue weighted by Crippen LogP contribution is -2.20. The number of hydrogen-bond donors (Lipinski definition) is 4. The topological polar surface area (TPSA) is 123 Å². The quantitative estimate of drug-likeness (QED) is 0.444. The predicted molar refractivity (Wildman–Crippen MR) is 97.2 cm³/mol. The van der Waals surface area contributed by atoms with Crippen LogP contribution in [0.4, 0.5) is 11.4 Å². The summed E-state index contributed by atoms with van der Waals surface area (Å²) in [4.78, 5) is 12.0. The average Bonchev–Trinajstić information content (AvgIpc) is 2.54. The first kappa shape index (κ1) is 22.6. The van der Waals surface area contributed by atoms with Gasteiger partial charge in [-0.2, -0.15) is 0 Å². The van der Waals surface area contributed by atoms with E-state index < -0.39 is 10.0 Å². The number of nitrogens with one attached hydrogen (secondary N) is 3. The molecule has 0 aliphatic rings. The highest BCUT2D eigenvalue weighted by molar-refractivity contribution is 7.89. The molecule has 1 aromatic rings. The SMILES string of the molecule is CNS(=O)(=O)c1ccc(NCCOC)c(NC(=O)CCCN)c1.Cl. The number of carbonyl (C=O) groups is 1. The molecule has 0 unspecified atom stereocenters. The van der Waals surface area contributed by atoms with Crippen molar-refractivity contribution in [1.82, 2.24) is 4.72 Å². The van der Waals surface area contributed by atoms with E-state index in [1.807, 2.05) is 0 Å². The minimum absolute atomic E-state index is 0. The molecular weight excluding hydrogens is 356 g/mol. The van der Waals surface area contributed by atoms with Crippen molar-refractivity contribution >= 4 is 39.7 Å². The van der Waals surface area contributed by atoms with Crippen LogP contribution in [0.1, 0.15) is 12.8 Å². The predicted octanol–water partition coefficient (Wildman–Crippen LogP) is 0.752. The number of anilines is 2. The molecule has 0 heterocycles. The Kier molecular flexibility index (Phi) is 10.6. The molecule has 0 saturated heterocycles. The minimum atomic E-state index is -3.59. The van der Waals surface area contributed by atoms with Gasteiger partial charge in [0, 0.05) is 20.1 Å². The first-order valence-corrected chi connectivity index (χ1v) is 8.73. The van der Waals surface area contributed by atoms with Crippen LogP contribution in [0.15, 0.2) is 23.1 Å². The van der Waals surface area contributed by atoms with Crippen molar-refractivity contribution in [3.05, 3.63) is 18.2 Å². The van der Waals surface area contributed by atoms with Crippen molar-refractivity contribution in [2.24, 2.45) is 5.73 Å². The molecule has 0 atom stereocenters. The number of nitrogens with two attached hydrogens (primary N) is 1. The molecule has 0 bridgehead atoms. The molecule has 10 heteroatoms. The minimum Gasteiger partial charge on any atom is -0.383 e. The molecule has 0 aliphatic heterocycles. The maximum atomic E-state index is 11.9. The largest absolute Gasteiger partial charge is 0.383 e. The summed E-state index contributed by atoms with van der Waals surface area (Å²) in [5.41, 5.74) is 6.41. The summed E-state index contributed by atoms with van der Waals surface area (Å²) in [6, 6.07) is 4.50. The zero-order valence-electron chi connectivity index (χ0n) is 13.8. The first-order chi connectivity index (χ1) is 10.9. The van der Waals surface area contributed by atoms with E-state index in [2.05, 4.69) is 15.4 Å². The van der Waals surface area contributed by atoms with Gasteiger partial charge in [0.1, 0.15) is 0 Å². The van der Waals surface area contributed by atoms with E-state index in [0.29, 0.717) is 37.5 Å². The highest BCUT2D eigenvalue weighted by Gasteiger charge is 2.15. The molecule has 1 rings (SSSR count). The standard InChI is InChI=1S/C14H24N4O4S.ClH/c1-16-23(20,21)11-5-6-12(17-8-9-22-2)13(10-11)18-14(19)4-3-7-15;/h5-6,10,16-17H,3-4,7-9,15H2,1-2H3,(H,18,19);1H. The van der Waals surface area contributed by atoms with Gasteiger partial charge in [0.05, 0.1) is 22.9 Å². The number of benzene rings is 1. The molecule has 0 aromatic heterocycles. The second-order valence-corrected chi connectivity index (χ2v) is 6.66.